The highest BCUT2D eigenvalue weighted by Crippen LogP contribution is 2.28. The molecule has 4 nitrogen and oxygen atoms in total. The van der Waals surface area contributed by atoms with Crippen LogP contribution in [0.4, 0.5) is 4.79 Å². The second kappa shape index (κ2) is 3.76. The van der Waals surface area contributed by atoms with Gasteiger partial charge in [0, 0.05) is 13.6 Å². The van der Waals surface area contributed by atoms with E-state index >= 15 is 0 Å². The van der Waals surface area contributed by atoms with Gasteiger partial charge in [-0.1, -0.05) is 12.8 Å². The lowest BCUT2D eigenvalue weighted by molar-refractivity contribution is 0.0502. The highest BCUT2D eigenvalue weighted by molar-refractivity contribution is 5.73. The van der Waals surface area contributed by atoms with E-state index in [4.69, 9.17) is 0 Å². The number of rotatable bonds is 2. The van der Waals surface area contributed by atoms with Crippen molar-refractivity contribution in [3.63, 3.8) is 0 Å². The number of amides is 2. The zero-order valence-corrected chi connectivity index (χ0v) is 7.39. The lowest BCUT2D eigenvalue weighted by atomic mass is 10.0. The second-order valence-corrected chi connectivity index (χ2v) is 3.36. The van der Waals surface area contributed by atoms with Crippen LogP contribution < -0.4 is 10.6 Å². The standard InChI is InChI=1S/C8H16N2O2/c1-9-7(11)10-6-8(12)4-2-3-5-8/h12H,2-6H2,1H3,(H2,9,10,11). The van der Waals surface area contributed by atoms with Crippen LogP contribution >= 0.6 is 0 Å². The van der Waals surface area contributed by atoms with Crippen LogP contribution in [0.2, 0.25) is 0 Å². The molecule has 2 amide bonds. The lowest BCUT2D eigenvalue weighted by Crippen LogP contribution is -2.43. The Balaban J connectivity index is 2.25. The van der Waals surface area contributed by atoms with Crippen LogP contribution in [0, 0.1) is 0 Å². The molecule has 0 aromatic rings. The molecule has 1 saturated carbocycles. The van der Waals surface area contributed by atoms with Crippen molar-refractivity contribution < 1.29 is 9.90 Å². The maximum absolute atomic E-state index is 10.8. The first-order chi connectivity index (χ1) is 5.66. The monoisotopic (exact) mass is 172 g/mol. The molecule has 0 saturated heterocycles. The van der Waals surface area contributed by atoms with Crippen LogP contribution in [0.15, 0.2) is 0 Å². The summed E-state index contributed by atoms with van der Waals surface area (Å²) in [7, 11) is 1.56. The predicted molar refractivity (Wildman–Crippen MR) is 45.9 cm³/mol. The van der Waals surface area contributed by atoms with E-state index in [1.807, 2.05) is 0 Å². The SMILES string of the molecule is CNC(=O)NCC1(O)CCCC1. The summed E-state index contributed by atoms with van der Waals surface area (Å²) in [6, 6.07) is -0.227. The van der Waals surface area contributed by atoms with Crippen LogP contribution in [0.5, 0.6) is 0 Å². The van der Waals surface area contributed by atoms with Crippen molar-refractivity contribution in [2.45, 2.75) is 31.3 Å². The molecular formula is C8H16N2O2. The summed E-state index contributed by atoms with van der Waals surface area (Å²) in [5.74, 6) is 0. The van der Waals surface area contributed by atoms with Crippen molar-refractivity contribution in [3.05, 3.63) is 0 Å². The second-order valence-electron chi connectivity index (χ2n) is 3.36. The average molecular weight is 172 g/mol. The molecule has 0 aliphatic heterocycles. The zero-order valence-electron chi connectivity index (χ0n) is 7.39. The molecule has 70 valence electrons. The van der Waals surface area contributed by atoms with Crippen molar-refractivity contribution in [2.75, 3.05) is 13.6 Å². The molecule has 0 unspecified atom stereocenters. The molecule has 12 heavy (non-hydrogen) atoms. The molecule has 1 rings (SSSR count). The number of hydrogen-bond donors (Lipinski definition) is 3. The molecule has 4 heteroatoms. The molecule has 0 radical (unpaired) electrons. The van der Waals surface area contributed by atoms with Crippen LogP contribution in [0.25, 0.3) is 0 Å². The summed E-state index contributed by atoms with van der Waals surface area (Å²) >= 11 is 0. The summed E-state index contributed by atoms with van der Waals surface area (Å²) in [6.07, 6.45) is 3.73. The van der Waals surface area contributed by atoms with Crippen molar-refractivity contribution in [3.8, 4) is 0 Å². The highest BCUT2D eigenvalue weighted by Gasteiger charge is 2.30. The minimum Gasteiger partial charge on any atom is -0.388 e. The molecule has 0 spiro atoms. The van der Waals surface area contributed by atoms with Gasteiger partial charge in [-0.05, 0) is 12.8 Å². The van der Waals surface area contributed by atoms with Crippen molar-refractivity contribution >= 4 is 6.03 Å². The van der Waals surface area contributed by atoms with E-state index in [0.29, 0.717) is 6.54 Å². The molecule has 3 N–H and O–H groups in total. The number of hydrogen-bond acceptors (Lipinski definition) is 2. The summed E-state index contributed by atoms with van der Waals surface area (Å²) in [4.78, 5) is 10.8. The Bertz CT molecular complexity index is 164. The fourth-order valence-corrected chi connectivity index (χ4v) is 1.54. The predicted octanol–water partition coefficient (Wildman–Crippen LogP) is 0.220. The summed E-state index contributed by atoms with van der Waals surface area (Å²) in [5.41, 5.74) is -0.646. The molecule has 0 atom stereocenters. The number of aliphatic hydroxyl groups is 1. The Morgan fingerprint density at radius 3 is 2.58 bits per heavy atom. The Labute approximate surface area is 72.3 Å². The normalized spacial score (nSPS) is 20.5. The number of carbonyl (C=O) groups excluding carboxylic acids is 1. The van der Waals surface area contributed by atoms with Gasteiger partial charge in [-0.3, -0.25) is 0 Å². The maximum atomic E-state index is 10.8. The van der Waals surface area contributed by atoms with Gasteiger partial charge < -0.3 is 15.7 Å². The van der Waals surface area contributed by atoms with E-state index in [9.17, 15) is 9.90 Å². The van der Waals surface area contributed by atoms with Gasteiger partial charge in [0.2, 0.25) is 0 Å². The first-order valence-corrected chi connectivity index (χ1v) is 4.34. The van der Waals surface area contributed by atoms with Gasteiger partial charge in [0.05, 0.1) is 5.60 Å². The van der Waals surface area contributed by atoms with Crippen LogP contribution in [0.3, 0.4) is 0 Å². The van der Waals surface area contributed by atoms with E-state index in [2.05, 4.69) is 10.6 Å². The largest absolute Gasteiger partial charge is 0.388 e. The van der Waals surface area contributed by atoms with Crippen molar-refractivity contribution in [1.29, 1.82) is 0 Å². The Hall–Kier alpha value is -0.770. The number of carbonyl (C=O) groups is 1. The van der Waals surface area contributed by atoms with Crippen LogP contribution in [-0.2, 0) is 0 Å². The van der Waals surface area contributed by atoms with Crippen LogP contribution in [-0.4, -0.2) is 30.3 Å². The summed E-state index contributed by atoms with van der Waals surface area (Å²) in [5, 5.41) is 14.9. The molecule has 1 fully saturated rings. The molecule has 1 aliphatic rings. The quantitative estimate of drug-likeness (QED) is 0.558. The maximum Gasteiger partial charge on any atom is 0.314 e. The Morgan fingerprint density at radius 2 is 2.08 bits per heavy atom. The van der Waals surface area contributed by atoms with E-state index in [1.165, 1.54) is 0 Å². The van der Waals surface area contributed by atoms with E-state index in [1.54, 1.807) is 7.05 Å². The van der Waals surface area contributed by atoms with Gasteiger partial charge >= 0.3 is 6.03 Å². The average Bonchev–Trinajstić information content (AvgIpc) is 2.49. The third kappa shape index (κ3) is 2.37. The fourth-order valence-electron chi connectivity index (χ4n) is 1.54. The van der Waals surface area contributed by atoms with Gasteiger partial charge in [0.1, 0.15) is 0 Å². The topological polar surface area (TPSA) is 61.4 Å². The van der Waals surface area contributed by atoms with Gasteiger partial charge in [-0.25, -0.2) is 4.79 Å². The van der Waals surface area contributed by atoms with Gasteiger partial charge in [0.15, 0.2) is 0 Å². The van der Waals surface area contributed by atoms with Gasteiger partial charge in [-0.15, -0.1) is 0 Å². The minimum absolute atomic E-state index is 0.227. The third-order valence-electron chi connectivity index (χ3n) is 2.34. The first-order valence-electron chi connectivity index (χ1n) is 4.34. The number of urea groups is 1. The minimum atomic E-state index is -0.646. The zero-order chi connectivity index (χ0) is 9.03. The van der Waals surface area contributed by atoms with Gasteiger partial charge in [-0.2, -0.15) is 0 Å². The molecule has 0 heterocycles. The Kier molecular flexibility index (Phi) is 2.92. The van der Waals surface area contributed by atoms with E-state index in [0.717, 1.165) is 25.7 Å². The van der Waals surface area contributed by atoms with Crippen molar-refractivity contribution in [2.24, 2.45) is 0 Å². The number of nitrogens with one attached hydrogen (secondary N) is 2. The van der Waals surface area contributed by atoms with Crippen LogP contribution in [0.1, 0.15) is 25.7 Å². The lowest BCUT2D eigenvalue weighted by Gasteiger charge is -2.21. The molecule has 0 aromatic carbocycles. The summed E-state index contributed by atoms with van der Waals surface area (Å²) < 4.78 is 0. The first kappa shape index (κ1) is 9.32. The van der Waals surface area contributed by atoms with E-state index < -0.39 is 5.60 Å². The molecular weight excluding hydrogens is 156 g/mol. The highest BCUT2D eigenvalue weighted by atomic mass is 16.3. The van der Waals surface area contributed by atoms with Crippen molar-refractivity contribution in [1.82, 2.24) is 10.6 Å². The third-order valence-corrected chi connectivity index (χ3v) is 2.34. The van der Waals surface area contributed by atoms with Gasteiger partial charge in [0.25, 0.3) is 0 Å². The fraction of sp³-hybridized carbons (Fsp3) is 0.875. The van der Waals surface area contributed by atoms with E-state index in [-0.39, 0.29) is 6.03 Å². The molecule has 1 aliphatic carbocycles. The summed E-state index contributed by atoms with van der Waals surface area (Å²) in [6.45, 7) is 0.368. The smallest absolute Gasteiger partial charge is 0.314 e. The molecule has 0 aromatic heterocycles. The molecule has 0 bridgehead atoms. The Morgan fingerprint density at radius 1 is 1.50 bits per heavy atom.